The number of aromatic nitrogens is 2. The van der Waals surface area contributed by atoms with Crippen LogP contribution in [0.25, 0.3) is 0 Å². The van der Waals surface area contributed by atoms with Crippen LogP contribution in [0.5, 0.6) is 0 Å². The van der Waals surface area contributed by atoms with Crippen LogP contribution in [0.2, 0.25) is 0 Å². The Morgan fingerprint density at radius 1 is 1.63 bits per heavy atom. The van der Waals surface area contributed by atoms with Gasteiger partial charge in [-0.05, 0) is 19.8 Å². The van der Waals surface area contributed by atoms with Crippen molar-refractivity contribution in [2.75, 3.05) is 13.2 Å². The van der Waals surface area contributed by atoms with E-state index in [-0.39, 0.29) is 16.9 Å². The molecule has 1 saturated heterocycles. The monoisotopic (exact) mass is 282 g/mol. The summed E-state index contributed by atoms with van der Waals surface area (Å²) in [5, 5.41) is 9.54. The third-order valence-corrected chi connectivity index (χ3v) is 4.01. The van der Waals surface area contributed by atoms with Gasteiger partial charge in [0.2, 0.25) is 5.91 Å². The molecule has 2 rings (SSSR count). The average molecular weight is 282 g/mol. The summed E-state index contributed by atoms with van der Waals surface area (Å²) in [6.45, 7) is 2.91. The molecule has 1 aromatic rings. The Bertz CT molecular complexity index is 454. The second-order valence-electron chi connectivity index (χ2n) is 4.79. The molecule has 104 valence electrons. The number of rotatable bonds is 4. The Kier molecular flexibility index (Phi) is 4.16. The molecule has 19 heavy (non-hydrogen) atoms. The standard InChI is InChI=1S/C12H18N4O2S/c1-8(9-6-14-15-7-9)16-11(17)12(10(13)19)2-4-18-5-3-12/h6-8H,2-5H2,1H3,(H2,13,19)(H,14,15)(H,16,17). The van der Waals surface area contributed by atoms with Crippen LogP contribution in [-0.4, -0.2) is 34.3 Å². The predicted octanol–water partition coefficient (Wildman–Crippen LogP) is 0.670. The van der Waals surface area contributed by atoms with Gasteiger partial charge in [-0.25, -0.2) is 0 Å². The normalized spacial score (nSPS) is 19.6. The molecule has 1 fully saturated rings. The number of hydrogen-bond donors (Lipinski definition) is 3. The summed E-state index contributed by atoms with van der Waals surface area (Å²) >= 11 is 5.10. The number of amides is 1. The van der Waals surface area contributed by atoms with E-state index >= 15 is 0 Å². The van der Waals surface area contributed by atoms with Crippen molar-refractivity contribution in [3.8, 4) is 0 Å². The lowest BCUT2D eigenvalue weighted by molar-refractivity contribution is -0.132. The molecule has 1 unspecified atom stereocenters. The highest BCUT2D eigenvalue weighted by Crippen LogP contribution is 2.32. The highest BCUT2D eigenvalue weighted by molar-refractivity contribution is 7.80. The van der Waals surface area contributed by atoms with Gasteiger partial charge in [-0.1, -0.05) is 12.2 Å². The maximum Gasteiger partial charge on any atom is 0.233 e. The summed E-state index contributed by atoms with van der Waals surface area (Å²) in [6.07, 6.45) is 4.50. The van der Waals surface area contributed by atoms with Crippen LogP contribution in [0.15, 0.2) is 12.4 Å². The largest absolute Gasteiger partial charge is 0.392 e. The highest BCUT2D eigenvalue weighted by atomic mass is 32.1. The molecule has 1 amide bonds. The van der Waals surface area contributed by atoms with Gasteiger partial charge in [-0.3, -0.25) is 9.89 Å². The predicted molar refractivity (Wildman–Crippen MR) is 74.4 cm³/mol. The van der Waals surface area contributed by atoms with Crippen molar-refractivity contribution < 1.29 is 9.53 Å². The molecule has 4 N–H and O–H groups in total. The van der Waals surface area contributed by atoms with Crippen LogP contribution in [0, 0.1) is 5.41 Å². The van der Waals surface area contributed by atoms with Gasteiger partial charge in [0.15, 0.2) is 0 Å². The third kappa shape index (κ3) is 2.76. The first-order chi connectivity index (χ1) is 9.06. The van der Waals surface area contributed by atoms with Crippen molar-refractivity contribution >= 4 is 23.1 Å². The number of carbonyl (C=O) groups is 1. The van der Waals surface area contributed by atoms with Crippen molar-refractivity contribution in [2.45, 2.75) is 25.8 Å². The van der Waals surface area contributed by atoms with Gasteiger partial charge in [0.05, 0.1) is 17.2 Å². The van der Waals surface area contributed by atoms with Gasteiger partial charge in [0, 0.05) is 25.0 Å². The number of nitrogens with zero attached hydrogens (tertiary/aromatic N) is 1. The van der Waals surface area contributed by atoms with Gasteiger partial charge < -0.3 is 15.8 Å². The highest BCUT2D eigenvalue weighted by Gasteiger charge is 2.43. The minimum Gasteiger partial charge on any atom is -0.392 e. The lowest BCUT2D eigenvalue weighted by atomic mass is 9.79. The van der Waals surface area contributed by atoms with Crippen LogP contribution in [-0.2, 0) is 9.53 Å². The summed E-state index contributed by atoms with van der Waals surface area (Å²) in [5.74, 6) is -0.128. The Morgan fingerprint density at radius 3 is 2.84 bits per heavy atom. The van der Waals surface area contributed by atoms with E-state index in [1.807, 2.05) is 6.92 Å². The molecule has 0 aromatic carbocycles. The molecule has 1 atom stereocenters. The first kappa shape index (κ1) is 14.0. The summed E-state index contributed by atoms with van der Waals surface area (Å²) in [6, 6.07) is -0.139. The second-order valence-corrected chi connectivity index (χ2v) is 5.23. The molecule has 1 aliphatic rings. The van der Waals surface area contributed by atoms with Gasteiger partial charge >= 0.3 is 0 Å². The van der Waals surface area contributed by atoms with Crippen molar-refractivity contribution in [3.63, 3.8) is 0 Å². The van der Waals surface area contributed by atoms with Crippen LogP contribution in [0.3, 0.4) is 0 Å². The van der Waals surface area contributed by atoms with E-state index in [1.54, 1.807) is 12.4 Å². The number of H-pyrrole nitrogens is 1. The smallest absolute Gasteiger partial charge is 0.233 e. The molecule has 6 nitrogen and oxygen atoms in total. The van der Waals surface area contributed by atoms with E-state index in [4.69, 9.17) is 22.7 Å². The number of thiocarbonyl (C=S) groups is 1. The number of nitrogens with two attached hydrogens (primary N) is 1. The number of hydrogen-bond acceptors (Lipinski definition) is 4. The van der Waals surface area contributed by atoms with Crippen LogP contribution in [0.1, 0.15) is 31.4 Å². The summed E-state index contributed by atoms with van der Waals surface area (Å²) in [4.78, 5) is 12.7. The molecule has 7 heteroatoms. The fourth-order valence-electron chi connectivity index (χ4n) is 2.22. The van der Waals surface area contributed by atoms with E-state index in [0.717, 1.165) is 5.56 Å². The minimum absolute atomic E-state index is 0.128. The van der Waals surface area contributed by atoms with Crippen molar-refractivity contribution in [2.24, 2.45) is 11.1 Å². The maximum atomic E-state index is 12.5. The van der Waals surface area contributed by atoms with E-state index < -0.39 is 5.41 Å². The summed E-state index contributed by atoms with van der Waals surface area (Å²) < 4.78 is 5.29. The Balaban J connectivity index is 2.10. The Morgan fingerprint density at radius 2 is 2.32 bits per heavy atom. The molecule has 1 aromatic heterocycles. The molecule has 0 saturated carbocycles. The van der Waals surface area contributed by atoms with E-state index in [1.165, 1.54) is 0 Å². The zero-order chi connectivity index (χ0) is 13.9. The summed E-state index contributed by atoms with van der Waals surface area (Å²) in [7, 11) is 0. The zero-order valence-electron chi connectivity index (χ0n) is 10.8. The van der Waals surface area contributed by atoms with Gasteiger partial charge in [0.1, 0.15) is 5.41 Å². The Hall–Kier alpha value is -1.47. The van der Waals surface area contributed by atoms with Crippen molar-refractivity contribution in [3.05, 3.63) is 18.0 Å². The summed E-state index contributed by atoms with van der Waals surface area (Å²) in [5.41, 5.74) is 5.92. The van der Waals surface area contributed by atoms with Crippen LogP contribution in [0.4, 0.5) is 0 Å². The zero-order valence-corrected chi connectivity index (χ0v) is 11.6. The maximum absolute atomic E-state index is 12.5. The number of carbonyl (C=O) groups excluding carboxylic acids is 1. The third-order valence-electron chi connectivity index (χ3n) is 3.62. The van der Waals surface area contributed by atoms with E-state index in [2.05, 4.69) is 15.5 Å². The molecule has 0 aliphatic carbocycles. The number of ether oxygens (including phenoxy) is 1. The van der Waals surface area contributed by atoms with Crippen molar-refractivity contribution in [1.29, 1.82) is 0 Å². The molecule has 0 radical (unpaired) electrons. The SMILES string of the molecule is CC(NC(=O)C1(C(N)=S)CCOCC1)c1cn[nH]c1. The molecular weight excluding hydrogens is 264 g/mol. The number of aromatic amines is 1. The Labute approximate surface area is 117 Å². The molecule has 0 spiro atoms. The molecule has 2 heterocycles. The first-order valence-corrected chi connectivity index (χ1v) is 6.64. The molecule has 1 aliphatic heterocycles. The lowest BCUT2D eigenvalue weighted by Crippen LogP contribution is -2.52. The second kappa shape index (κ2) is 5.66. The lowest BCUT2D eigenvalue weighted by Gasteiger charge is -2.35. The van der Waals surface area contributed by atoms with Gasteiger partial charge in [-0.2, -0.15) is 5.10 Å². The fourth-order valence-corrected chi connectivity index (χ4v) is 2.52. The van der Waals surface area contributed by atoms with Crippen LogP contribution >= 0.6 is 12.2 Å². The topological polar surface area (TPSA) is 93.0 Å². The van der Waals surface area contributed by atoms with E-state index in [0.29, 0.717) is 26.1 Å². The first-order valence-electron chi connectivity index (χ1n) is 6.23. The minimum atomic E-state index is -0.786. The van der Waals surface area contributed by atoms with Crippen molar-refractivity contribution in [1.82, 2.24) is 15.5 Å². The number of nitrogens with one attached hydrogen (secondary N) is 2. The quantitative estimate of drug-likeness (QED) is 0.706. The molecule has 0 bridgehead atoms. The van der Waals surface area contributed by atoms with Gasteiger partial charge in [0.25, 0.3) is 0 Å². The fraction of sp³-hybridized carbons (Fsp3) is 0.583. The average Bonchev–Trinajstić information content (AvgIpc) is 2.93. The van der Waals surface area contributed by atoms with Gasteiger partial charge in [-0.15, -0.1) is 0 Å². The molecular formula is C12H18N4O2S. The van der Waals surface area contributed by atoms with Crippen LogP contribution < -0.4 is 11.1 Å². The van der Waals surface area contributed by atoms with E-state index in [9.17, 15) is 4.79 Å².